The topological polar surface area (TPSA) is 64.6 Å². The highest BCUT2D eigenvalue weighted by molar-refractivity contribution is 5.82. The van der Waals surface area contributed by atoms with Crippen LogP contribution in [-0.2, 0) is 20.7 Å². The molecule has 1 unspecified atom stereocenters. The second-order valence-corrected chi connectivity index (χ2v) is 8.03. The molecule has 1 aromatic carbocycles. The summed E-state index contributed by atoms with van der Waals surface area (Å²) in [5.74, 6) is -0.453. The molecule has 5 nitrogen and oxygen atoms in total. The Morgan fingerprint density at radius 3 is 2.20 bits per heavy atom. The van der Waals surface area contributed by atoms with Crippen molar-refractivity contribution in [3.8, 4) is 0 Å². The fourth-order valence-corrected chi connectivity index (χ4v) is 3.01. The van der Waals surface area contributed by atoms with Crippen LogP contribution in [0, 0.1) is 5.41 Å². The molecule has 0 aromatic heterocycles. The van der Waals surface area contributed by atoms with Crippen molar-refractivity contribution in [1.82, 2.24) is 5.32 Å². The second kappa shape index (κ2) is 8.88. The van der Waals surface area contributed by atoms with Gasteiger partial charge < -0.3 is 14.8 Å². The molecule has 1 atom stereocenters. The van der Waals surface area contributed by atoms with Crippen molar-refractivity contribution in [2.75, 3.05) is 6.61 Å². The van der Waals surface area contributed by atoms with Crippen LogP contribution in [0.4, 0.5) is 4.79 Å². The summed E-state index contributed by atoms with van der Waals surface area (Å²) < 4.78 is 10.6. The Bertz CT molecular complexity index is 561. The molecule has 0 spiro atoms. The van der Waals surface area contributed by atoms with E-state index in [2.05, 4.69) is 26.1 Å². The molecule has 1 N–H and O–H groups in total. The Labute approximate surface area is 151 Å². The summed E-state index contributed by atoms with van der Waals surface area (Å²) in [6, 6.07) is 8.72. The third-order valence-corrected chi connectivity index (χ3v) is 3.47. The number of alkyl carbamates (subject to hydrolysis) is 1. The van der Waals surface area contributed by atoms with E-state index in [0.29, 0.717) is 12.8 Å². The zero-order chi connectivity index (χ0) is 19.1. The number of ether oxygens (including phenoxy) is 2. The zero-order valence-corrected chi connectivity index (χ0v) is 16.2. The minimum absolute atomic E-state index is 0.0211. The maximum absolute atomic E-state index is 12.7. The van der Waals surface area contributed by atoms with E-state index in [9.17, 15) is 9.59 Å². The maximum atomic E-state index is 12.7. The molecule has 1 aromatic rings. The van der Waals surface area contributed by atoms with Gasteiger partial charge in [0, 0.05) is 6.42 Å². The molecule has 140 valence electrons. The predicted octanol–water partition coefficient (Wildman–Crippen LogP) is 4.10. The first kappa shape index (κ1) is 21.0. The third kappa shape index (κ3) is 8.57. The van der Waals surface area contributed by atoms with E-state index in [1.165, 1.54) is 0 Å². The number of esters is 1. The largest absolute Gasteiger partial charge is 0.458 e. The summed E-state index contributed by atoms with van der Waals surface area (Å²) in [6.45, 7) is 12.0. The number of benzene rings is 1. The van der Waals surface area contributed by atoms with Gasteiger partial charge in [-0.2, -0.15) is 0 Å². The van der Waals surface area contributed by atoms with E-state index >= 15 is 0 Å². The number of carbonyl (C=O) groups is 2. The summed E-state index contributed by atoms with van der Waals surface area (Å²) in [5, 5.41) is 2.62. The normalized spacial score (nSPS) is 13.0. The molecule has 0 heterocycles. The van der Waals surface area contributed by atoms with Gasteiger partial charge in [0.2, 0.25) is 0 Å². The average Bonchev–Trinajstić information content (AvgIpc) is 2.44. The second-order valence-electron chi connectivity index (χ2n) is 8.03. The molecule has 0 bridgehead atoms. The lowest BCUT2D eigenvalue weighted by atomic mass is 9.83. The van der Waals surface area contributed by atoms with Crippen molar-refractivity contribution < 1.29 is 19.1 Å². The molecule has 0 aliphatic heterocycles. The third-order valence-electron chi connectivity index (χ3n) is 3.47. The number of carbonyl (C=O) groups excluding carboxylic acids is 2. The zero-order valence-electron chi connectivity index (χ0n) is 16.2. The van der Waals surface area contributed by atoms with E-state index in [0.717, 1.165) is 5.56 Å². The van der Waals surface area contributed by atoms with E-state index in [1.54, 1.807) is 6.92 Å². The molecule has 0 saturated heterocycles. The van der Waals surface area contributed by atoms with Gasteiger partial charge in [-0.15, -0.1) is 0 Å². The van der Waals surface area contributed by atoms with Crippen molar-refractivity contribution in [2.45, 2.75) is 66.0 Å². The molecule has 5 heteroatoms. The molecule has 0 saturated carbocycles. The van der Waals surface area contributed by atoms with E-state index in [4.69, 9.17) is 9.47 Å². The molecular weight excluding hydrogens is 318 g/mol. The SMILES string of the molecule is CCOC(=O)NC(Cc1ccccc1)C(=O)OC(C)(C)CC(C)(C)C. The van der Waals surface area contributed by atoms with E-state index in [-0.39, 0.29) is 12.0 Å². The molecule has 0 aliphatic carbocycles. The molecule has 1 amide bonds. The quantitative estimate of drug-likeness (QED) is 0.753. The summed E-state index contributed by atoms with van der Waals surface area (Å²) >= 11 is 0. The first-order chi connectivity index (χ1) is 11.5. The van der Waals surface area contributed by atoms with E-state index in [1.807, 2.05) is 44.2 Å². The molecule has 0 fully saturated rings. The number of hydrogen-bond donors (Lipinski definition) is 1. The smallest absolute Gasteiger partial charge is 0.407 e. The molecule has 1 rings (SSSR count). The van der Waals surface area contributed by atoms with Gasteiger partial charge in [-0.25, -0.2) is 9.59 Å². The van der Waals surface area contributed by atoms with Crippen LogP contribution in [0.5, 0.6) is 0 Å². The molecule has 0 radical (unpaired) electrons. The summed E-state index contributed by atoms with van der Waals surface area (Å²) in [5.41, 5.74) is 0.336. The first-order valence-corrected chi connectivity index (χ1v) is 8.72. The highest BCUT2D eigenvalue weighted by Crippen LogP contribution is 2.29. The number of nitrogens with one attached hydrogen (secondary N) is 1. The molecule has 25 heavy (non-hydrogen) atoms. The fraction of sp³-hybridized carbons (Fsp3) is 0.600. The van der Waals surface area contributed by atoms with Gasteiger partial charge >= 0.3 is 12.1 Å². The first-order valence-electron chi connectivity index (χ1n) is 8.72. The highest BCUT2D eigenvalue weighted by Gasteiger charge is 2.33. The van der Waals surface area contributed by atoms with Gasteiger partial charge in [-0.3, -0.25) is 0 Å². The van der Waals surface area contributed by atoms with Crippen LogP contribution in [-0.4, -0.2) is 30.3 Å². The van der Waals surface area contributed by atoms with E-state index < -0.39 is 23.7 Å². The monoisotopic (exact) mass is 349 g/mol. The van der Waals surface area contributed by atoms with Crippen molar-refractivity contribution in [3.63, 3.8) is 0 Å². The fourth-order valence-electron chi connectivity index (χ4n) is 3.01. The van der Waals surface area contributed by atoms with Gasteiger partial charge in [0.05, 0.1) is 6.61 Å². The summed E-state index contributed by atoms with van der Waals surface area (Å²) in [7, 11) is 0. The van der Waals surface area contributed by atoms with Crippen LogP contribution in [0.1, 0.15) is 53.5 Å². The average molecular weight is 349 g/mol. The Morgan fingerprint density at radius 1 is 1.08 bits per heavy atom. The van der Waals surface area contributed by atoms with Crippen LogP contribution < -0.4 is 5.32 Å². The summed E-state index contributed by atoms with van der Waals surface area (Å²) in [4.78, 5) is 24.5. The van der Waals surface area contributed by atoms with Gasteiger partial charge in [0.1, 0.15) is 11.6 Å². The van der Waals surface area contributed by atoms with Gasteiger partial charge in [-0.1, -0.05) is 51.1 Å². The standard InChI is InChI=1S/C20H31NO4/c1-7-24-18(23)21-16(13-15-11-9-8-10-12-15)17(22)25-20(5,6)14-19(2,3)4/h8-12,16H,7,13-14H2,1-6H3,(H,21,23). The molecular formula is C20H31NO4. The number of rotatable bonds is 7. The van der Waals surface area contributed by atoms with Gasteiger partial charge in [0.15, 0.2) is 0 Å². The van der Waals surface area contributed by atoms with Crippen molar-refractivity contribution in [2.24, 2.45) is 5.41 Å². The minimum Gasteiger partial charge on any atom is -0.458 e. The number of hydrogen-bond acceptors (Lipinski definition) is 4. The van der Waals surface area contributed by atoms with Crippen LogP contribution >= 0.6 is 0 Å². The van der Waals surface area contributed by atoms with Crippen LogP contribution in [0.15, 0.2) is 30.3 Å². The van der Waals surface area contributed by atoms with Crippen LogP contribution in [0.3, 0.4) is 0 Å². The lowest BCUT2D eigenvalue weighted by molar-refractivity contribution is -0.161. The van der Waals surface area contributed by atoms with Gasteiger partial charge in [-0.05, 0) is 38.2 Å². The number of amides is 1. The van der Waals surface area contributed by atoms with Crippen molar-refractivity contribution in [1.29, 1.82) is 0 Å². The molecule has 0 aliphatic rings. The Morgan fingerprint density at radius 2 is 1.68 bits per heavy atom. The van der Waals surface area contributed by atoms with Crippen molar-refractivity contribution >= 4 is 12.1 Å². The maximum Gasteiger partial charge on any atom is 0.407 e. The Hall–Kier alpha value is -2.04. The highest BCUT2D eigenvalue weighted by atomic mass is 16.6. The van der Waals surface area contributed by atoms with Crippen LogP contribution in [0.25, 0.3) is 0 Å². The van der Waals surface area contributed by atoms with Crippen LogP contribution in [0.2, 0.25) is 0 Å². The minimum atomic E-state index is -0.791. The van der Waals surface area contributed by atoms with Crippen molar-refractivity contribution in [3.05, 3.63) is 35.9 Å². The predicted molar refractivity (Wildman–Crippen MR) is 98.3 cm³/mol. The lowest BCUT2D eigenvalue weighted by Gasteiger charge is -2.33. The summed E-state index contributed by atoms with van der Waals surface area (Å²) in [6.07, 6.45) is 0.446. The van der Waals surface area contributed by atoms with Gasteiger partial charge in [0.25, 0.3) is 0 Å². The Kier molecular flexibility index (Phi) is 7.46. The Balaban J connectivity index is 2.86. The lowest BCUT2D eigenvalue weighted by Crippen LogP contribution is -2.46.